The molecule has 0 aliphatic heterocycles. The van der Waals surface area contributed by atoms with Gasteiger partial charge in [-0.3, -0.25) is 0 Å². The number of fused-ring (bicyclic) bond motifs is 1. The zero-order valence-electron chi connectivity index (χ0n) is 20.2. The van der Waals surface area contributed by atoms with Crippen molar-refractivity contribution in [2.24, 2.45) is 0 Å². The second-order valence-corrected chi connectivity index (χ2v) is 9.76. The van der Waals surface area contributed by atoms with Gasteiger partial charge in [-0.15, -0.1) is 0 Å². The van der Waals surface area contributed by atoms with Crippen LogP contribution in [0, 0.1) is 0 Å². The smallest absolute Gasteiger partial charge is 0.333 e. The maximum atomic E-state index is 12.0. The number of carbonyl (C=O) groups is 1. The summed E-state index contributed by atoms with van der Waals surface area (Å²) in [6.45, 7) is 13.1. The highest BCUT2D eigenvalue weighted by molar-refractivity contribution is 5.87. The summed E-state index contributed by atoms with van der Waals surface area (Å²) in [6.07, 6.45) is 2.00. The number of esters is 1. The highest BCUT2D eigenvalue weighted by atomic mass is 16.6. The van der Waals surface area contributed by atoms with Crippen molar-refractivity contribution in [3.8, 4) is 17.1 Å². The lowest BCUT2D eigenvalue weighted by Gasteiger charge is -2.35. The van der Waals surface area contributed by atoms with Gasteiger partial charge in [0.1, 0.15) is 28.3 Å². The molecule has 176 valence electrons. The van der Waals surface area contributed by atoms with E-state index < -0.39 is 17.2 Å². The summed E-state index contributed by atoms with van der Waals surface area (Å²) in [4.78, 5) is 12.0. The molecule has 0 aliphatic carbocycles. The van der Waals surface area contributed by atoms with Crippen molar-refractivity contribution >= 4 is 16.9 Å². The van der Waals surface area contributed by atoms with E-state index in [4.69, 9.17) is 13.9 Å². The van der Waals surface area contributed by atoms with Crippen LogP contribution >= 0.6 is 0 Å². The fourth-order valence-corrected chi connectivity index (χ4v) is 4.21. The SMILES string of the molecule is C=C(C)C(=O)OC(C)(C)CC(C)(C)Oc1ccc2cc(-c3ccccc3CCCO)oc2c1. The molecule has 0 amide bonds. The van der Waals surface area contributed by atoms with E-state index in [1.165, 1.54) is 0 Å². The molecule has 0 bridgehead atoms. The average Bonchev–Trinajstić information content (AvgIpc) is 3.13. The number of hydrogen-bond donors (Lipinski definition) is 1. The zero-order valence-corrected chi connectivity index (χ0v) is 20.2. The summed E-state index contributed by atoms with van der Waals surface area (Å²) in [6, 6.07) is 15.9. The van der Waals surface area contributed by atoms with Gasteiger partial charge in [0.25, 0.3) is 0 Å². The fourth-order valence-electron chi connectivity index (χ4n) is 4.21. The topological polar surface area (TPSA) is 68.9 Å². The molecule has 0 fully saturated rings. The van der Waals surface area contributed by atoms with Gasteiger partial charge in [0.15, 0.2) is 0 Å². The number of aryl methyl sites for hydroxylation is 1. The molecule has 0 atom stereocenters. The zero-order chi connectivity index (χ0) is 24.2. The lowest BCUT2D eigenvalue weighted by molar-refractivity contribution is -0.155. The standard InChI is InChI=1S/C28H34O5/c1-19(2)26(30)33-28(5,6)18-27(3,4)32-22-14-13-21-16-25(31-24(21)17-22)23-12-8-7-10-20(23)11-9-15-29/h7-8,10,12-14,16-17,29H,1,9,11,15,18H2,2-6H3. The Kier molecular flexibility index (Phi) is 7.33. The summed E-state index contributed by atoms with van der Waals surface area (Å²) >= 11 is 0. The third-order valence-electron chi connectivity index (χ3n) is 5.34. The van der Waals surface area contributed by atoms with Gasteiger partial charge in [-0.2, -0.15) is 0 Å². The number of benzene rings is 2. The molecule has 0 aliphatic rings. The Labute approximate surface area is 196 Å². The van der Waals surface area contributed by atoms with Gasteiger partial charge >= 0.3 is 5.97 Å². The molecule has 0 radical (unpaired) electrons. The molecule has 5 nitrogen and oxygen atoms in total. The molecule has 1 aromatic heterocycles. The molecule has 2 aromatic carbocycles. The number of ether oxygens (including phenoxy) is 2. The van der Waals surface area contributed by atoms with E-state index in [-0.39, 0.29) is 6.61 Å². The molecule has 0 saturated carbocycles. The van der Waals surface area contributed by atoms with E-state index >= 15 is 0 Å². The number of hydrogen-bond acceptors (Lipinski definition) is 5. The third kappa shape index (κ3) is 6.48. The van der Waals surface area contributed by atoms with Crippen LogP contribution in [0.3, 0.4) is 0 Å². The molecule has 1 N–H and O–H groups in total. The molecule has 0 unspecified atom stereocenters. The number of rotatable bonds is 10. The summed E-state index contributed by atoms with van der Waals surface area (Å²) in [5.41, 5.74) is 2.00. The largest absolute Gasteiger partial charge is 0.488 e. The van der Waals surface area contributed by atoms with Crippen LogP contribution in [-0.2, 0) is 16.0 Å². The van der Waals surface area contributed by atoms with Crippen molar-refractivity contribution in [3.05, 3.63) is 66.2 Å². The molecule has 33 heavy (non-hydrogen) atoms. The van der Waals surface area contributed by atoms with Crippen LogP contribution in [-0.4, -0.2) is 28.9 Å². The predicted molar refractivity (Wildman–Crippen MR) is 131 cm³/mol. The summed E-state index contributed by atoms with van der Waals surface area (Å²) < 4.78 is 18.0. The van der Waals surface area contributed by atoms with E-state index in [9.17, 15) is 9.90 Å². The van der Waals surface area contributed by atoms with E-state index in [0.29, 0.717) is 24.2 Å². The molecular weight excluding hydrogens is 416 g/mol. The van der Waals surface area contributed by atoms with Crippen molar-refractivity contribution in [2.75, 3.05) is 6.61 Å². The number of carbonyl (C=O) groups excluding carboxylic acids is 1. The lowest BCUT2D eigenvalue weighted by Crippen LogP contribution is -2.40. The first-order valence-corrected chi connectivity index (χ1v) is 11.3. The van der Waals surface area contributed by atoms with Gasteiger partial charge in [0.2, 0.25) is 0 Å². The predicted octanol–water partition coefficient (Wildman–Crippen LogP) is 6.47. The fraction of sp³-hybridized carbons (Fsp3) is 0.393. The molecule has 0 saturated heterocycles. The minimum atomic E-state index is -0.709. The molecule has 3 aromatic rings. The third-order valence-corrected chi connectivity index (χ3v) is 5.34. The Bertz CT molecular complexity index is 1140. The van der Waals surface area contributed by atoms with E-state index in [2.05, 4.69) is 12.6 Å². The van der Waals surface area contributed by atoms with Crippen LogP contribution in [0.1, 0.15) is 53.0 Å². The first-order chi connectivity index (χ1) is 15.5. The summed E-state index contributed by atoms with van der Waals surface area (Å²) in [5, 5.41) is 10.2. The Morgan fingerprint density at radius 1 is 1.06 bits per heavy atom. The van der Waals surface area contributed by atoms with Crippen LogP contribution in [0.4, 0.5) is 0 Å². The van der Waals surface area contributed by atoms with Crippen LogP contribution < -0.4 is 4.74 Å². The molecule has 3 rings (SSSR count). The number of furan rings is 1. The first kappa shape index (κ1) is 24.6. The van der Waals surface area contributed by atoms with Crippen molar-refractivity contribution in [3.63, 3.8) is 0 Å². The van der Waals surface area contributed by atoms with Crippen molar-refractivity contribution in [2.45, 2.75) is 65.1 Å². The van der Waals surface area contributed by atoms with Crippen molar-refractivity contribution in [1.82, 2.24) is 0 Å². The quantitative estimate of drug-likeness (QED) is 0.283. The van der Waals surface area contributed by atoms with Crippen molar-refractivity contribution < 1.29 is 23.8 Å². The lowest BCUT2D eigenvalue weighted by atomic mass is 9.92. The second kappa shape index (κ2) is 9.84. The van der Waals surface area contributed by atoms with Crippen LogP contribution in [0.2, 0.25) is 0 Å². The average molecular weight is 451 g/mol. The monoisotopic (exact) mass is 450 g/mol. The molecule has 0 spiro atoms. The maximum Gasteiger partial charge on any atom is 0.333 e. The van der Waals surface area contributed by atoms with Crippen LogP contribution in [0.5, 0.6) is 5.75 Å². The second-order valence-electron chi connectivity index (χ2n) is 9.76. The number of aliphatic hydroxyl groups is 1. The molecular formula is C28H34O5. The molecule has 1 heterocycles. The highest BCUT2D eigenvalue weighted by Crippen LogP contribution is 2.34. The van der Waals surface area contributed by atoms with E-state index in [0.717, 1.165) is 34.3 Å². The first-order valence-electron chi connectivity index (χ1n) is 11.3. The minimum absolute atomic E-state index is 0.161. The van der Waals surface area contributed by atoms with Gasteiger partial charge in [0.05, 0.1) is 0 Å². The Morgan fingerprint density at radius 2 is 1.79 bits per heavy atom. The molecule has 5 heteroatoms. The van der Waals surface area contributed by atoms with Crippen LogP contribution in [0.25, 0.3) is 22.3 Å². The Morgan fingerprint density at radius 3 is 2.48 bits per heavy atom. The van der Waals surface area contributed by atoms with Gasteiger partial charge in [-0.25, -0.2) is 4.79 Å². The van der Waals surface area contributed by atoms with Crippen molar-refractivity contribution in [1.29, 1.82) is 0 Å². The number of aliphatic hydroxyl groups excluding tert-OH is 1. The minimum Gasteiger partial charge on any atom is -0.488 e. The maximum absolute atomic E-state index is 12.0. The van der Waals surface area contributed by atoms with E-state index in [1.807, 2.05) is 70.2 Å². The Hall–Kier alpha value is -3.05. The summed E-state index contributed by atoms with van der Waals surface area (Å²) in [5.74, 6) is 1.08. The van der Waals surface area contributed by atoms with Gasteiger partial charge in [0, 0.05) is 35.6 Å². The van der Waals surface area contributed by atoms with E-state index in [1.54, 1.807) is 6.92 Å². The van der Waals surface area contributed by atoms with Gasteiger partial charge in [-0.1, -0.05) is 30.8 Å². The highest BCUT2D eigenvalue weighted by Gasteiger charge is 2.33. The normalized spacial score (nSPS) is 12.1. The summed E-state index contributed by atoms with van der Waals surface area (Å²) in [7, 11) is 0. The van der Waals surface area contributed by atoms with Gasteiger partial charge in [-0.05, 0) is 71.2 Å². The van der Waals surface area contributed by atoms with Crippen LogP contribution in [0.15, 0.2) is 65.1 Å². The Balaban J connectivity index is 1.79. The van der Waals surface area contributed by atoms with Gasteiger partial charge < -0.3 is 19.0 Å².